The molecule has 0 unspecified atom stereocenters. The van der Waals surface area contributed by atoms with Crippen molar-refractivity contribution >= 4 is 5.97 Å². The number of hydrogen-bond acceptors (Lipinski definition) is 3. The summed E-state index contributed by atoms with van der Waals surface area (Å²) in [6.07, 6.45) is 3.54. The van der Waals surface area contributed by atoms with Gasteiger partial charge in [-0.3, -0.25) is 14.6 Å². The topological polar surface area (TPSA) is 43.8 Å². The summed E-state index contributed by atoms with van der Waals surface area (Å²) in [6.45, 7) is 4.39. The molecule has 1 N–H and O–H groups in total. The van der Waals surface area contributed by atoms with Crippen molar-refractivity contribution in [2.45, 2.75) is 31.8 Å². The standard InChI is InChI=1S/C17H24N2O2/c20-17(21)13-19(16-6-7-16)12-15-8-9-18(11-15)10-14-4-2-1-3-5-14/h1-5,15-16H,6-13H2,(H,20,21)/t15-/m0/s1. The van der Waals surface area contributed by atoms with Crippen LogP contribution < -0.4 is 0 Å². The molecule has 1 aliphatic carbocycles. The Morgan fingerprint density at radius 2 is 2.00 bits per heavy atom. The van der Waals surface area contributed by atoms with E-state index in [0.29, 0.717) is 12.0 Å². The van der Waals surface area contributed by atoms with Crippen molar-refractivity contribution in [1.82, 2.24) is 9.80 Å². The van der Waals surface area contributed by atoms with Crippen molar-refractivity contribution in [1.29, 1.82) is 0 Å². The van der Waals surface area contributed by atoms with Crippen molar-refractivity contribution < 1.29 is 9.90 Å². The predicted octanol–water partition coefficient (Wildman–Crippen LogP) is 2.06. The molecule has 0 radical (unpaired) electrons. The van der Waals surface area contributed by atoms with E-state index in [2.05, 4.69) is 40.1 Å². The summed E-state index contributed by atoms with van der Waals surface area (Å²) in [5, 5.41) is 9.03. The van der Waals surface area contributed by atoms with Gasteiger partial charge < -0.3 is 5.11 Å². The second-order valence-electron chi connectivity index (χ2n) is 6.43. The van der Waals surface area contributed by atoms with E-state index in [4.69, 9.17) is 5.11 Å². The van der Waals surface area contributed by atoms with E-state index in [1.54, 1.807) is 0 Å². The second-order valence-corrected chi connectivity index (χ2v) is 6.43. The fourth-order valence-electron chi connectivity index (χ4n) is 3.33. The lowest BCUT2D eigenvalue weighted by atomic mass is 10.1. The molecule has 3 rings (SSSR count). The first-order valence-electron chi connectivity index (χ1n) is 7.93. The van der Waals surface area contributed by atoms with Crippen LogP contribution in [0.3, 0.4) is 0 Å². The number of nitrogens with zero attached hydrogens (tertiary/aromatic N) is 2. The van der Waals surface area contributed by atoms with Gasteiger partial charge >= 0.3 is 5.97 Å². The van der Waals surface area contributed by atoms with E-state index in [-0.39, 0.29) is 6.54 Å². The highest BCUT2D eigenvalue weighted by Gasteiger charge is 2.33. The Bertz CT molecular complexity index is 473. The van der Waals surface area contributed by atoms with Crippen LogP contribution in [0, 0.1) is 5.92 Å². The van der Waals surface area contributed by atoms with Crippen LogP contribution in [0.25, 0.3) is 0 Å². The Balaban J connectivity index is 1.48. The van der Waals surface area contributed by atoms with Gasteiger partial charge in [-0.15, -0.1) is 0 Å². The number of carboxylic acids is 1. The highest BCUT2D eigenvalue weighted by atomic mass is 16.4. The zero-order valence-electron chi connectivity index (χ0n) is 12.4. The van der Waals surface area contributed by atoms with Crippen LogP contribution in [0.4, 0.5) is 0 Å². The van der Waals surface area contributed by atoms with Crippen LogP contribution in [0.5, 0.6) is 0 Å². The van der Waals surface area contributed by atoms with E-state index < -0.39 is 5.97 Å². The van der Waals surface area contributed by atoms with Crippen LogP contribution in [-0.4, -0.2) is 53.1 Å². The number of hydrogen-bond donors (Lipinski definition) is 1. The number of carbonyl (C=O) groups is 1. The van der Waals surface area contributed by atoms with E-state index in [0.717, 1.165) is 26.2 Å². The molecule has 2 fully saturated rings. The molecular formula is C17H24N2O2. The van der Waals surface area contributed by atoms with E-state index in [1.807, 2.05) is 0 Å². The third-order valence-corrected chi connectivity index (χ3v) is 4.51. The summed E-state index contributed by atoms with van der Waals surface area (Å²) in [5.74, 6) is -0.0744. The van der Waals surface area contributed by atoms with Gasteiger partial charge in [-0.25, -0.2) is 0 Å². The van der Waals surface area contributed by atoms with Crippen molar-refractivity contribution in [2.24, 2.45) is 5.92 Å². The molecule has 21 heavy (non-hydrogen) atoms. The van der Waals surface area contributed by atoms with Crippen LogP contribution in [0.15, 0.2) is 30.3 Å². The van der Waals surface area contributed by atoms with Crippen molar-refractivity contribution in [2.75, 3.05) is 26.2 Å². The molecule has 4 nitrogen and oxygen atoms in total. The molecule has 1 atom stereocenters. The highest BCUT2D eigenvalue weighted by Crippen LogP contribution is 2.29. The predicted molar refractivity (Wildman–Crippen MR) is 82.1 cm³/mol. The van der Waals surface area contributed by atoms with E-state index >= 15 is 0 Å². The summed E-state index contributed by atoms with van der Waals surface area (Å²) in [4.78, 5) is 15.6. The molecule has 1 aromatic carbocycles. The Kier molecular flexibility index (Phi) is 4.56. The number of carboxylic acid groups (broad SMARTS) is 1. The first-order chi connectivity index (χ1) is 10.2. The van der Waals surface area contributed by atoms with E-state index in [9.17, 15) is 4.79 Å². The highest BCUT2D eigenvalue weighted by molar-refractivity contribution is 5.69. The molecule has 1 aliphatic heterocycles. The average molecular weight is 288 g/mol. The summed E-state index contributed by atoms with van der Waals surface area (Å²) < 4.78 is 0. The lowest BCUT2D eigenvalue weighted by Gasteiger charge is -2.24. The average Bonchev–Trinajstić information content (AvgIpc) is 3.22. The number of rotatable bonds is 7. The molecule has 1 saturated carbocycles. The molecule has 2 aliphatic rings. The van der Waals surface area contributed by atoms with Gasteiger partial charge in [0.2, 0.25) is 0 Å². The Morgan fingerprint density at radius 1 is 1.24 bits per heavy atom. The van der Waals surface area contributed by atoms with Gasteiger partial charge in [0.1, 0.15) is 0 Å². The minimum atomic E-state index is -0.693. The lowest BCUT2D eigenvalue weighted by Crippen LogP contribution is -2.36. The largest absolute Gasteiger partial charge is 0.480 e. The molecule has 4 heteroatoms. The fraction of sp³-hybridized carbons (Fsp3) is 0.588. The third kappa shape index (κ3) is 4.29. The first kappa shape index (κ1) is 14.5. The second kappa shape index (κ2) is 6.58. The van der Waals surface area contributed by atoms with Crippen LogP contribution in [0.2, 0.25) is 0 Å². The zero-order valence-corrected chi connectivity index (χ0v) is 12.4. The molecule has 114 valence electrons. The fourth-order valence-corrected chi connectivity index (χ4v) is 3.33. The van der Waals surface area contributed by atoms with Crippen molar-refractivity contribution in [3.05, 3.63) is 35.9 Å². The molecular weight excluding hydrogens is 264 g/mol. The Hall–Kier alpha value is -1.39. The van der Waals surface area contributed by atoms with Gasteiger partial charge in [0.25, 0.3) is 0 Å². The Morgan fingerprint density at radius 3 is 2.67 bits per heavy atom. The summed E-state index contributed by atoms with van der Waals surface area (Å²) >= 11 is 0. The number of aliphatic carboxylic acids is 1. The number of likely N-dealkylation sites (tertiary alicyclic amines) is 1. The molecule has 1 aromatic rings. The van der Waals surface area contributed by atoms with Gasteiger partial charge in [0, 0.05) is 25.7 Å². The maximum absolute atomic E-state index is 11.0. The monoisotopic (exact) mass is 288 g/mol. The van der Waals surface area contributed by atoms with Gasteiger partial charge in [0.15, 0.2) is 0 Å². The van der Waals surface area contributed by atoms with Gasteiger partial charge in [-0.2, -0.15) is 0 Å². The minimum Gasteiger partial charge on any atom is -0.480 e. The van der Waals surface area contributed by atoms with Crippen LogP contribution in [-0.2, 0) is 11.3 Å². The quantitative estimate of drug-likeness (QED) is 0.834. The zero-order chi connectivity index (χ0) is 14.7. The third-order valence-electron chi connectivity index (χ3n) is 4.51. The Labute approximate surface area is 126 Å². The number of benzene rings is 1. The lowest BCUT2D eigenvalue weighted by molar-refractivity contribution is -0.138. The van der Waals surface area contributed by atoms with Gasteiger partial charge in [0.05, 0.1) is 6.54 Å². The normalized spacial score (nSPS) is 22.8. The summed E-state index contributed by atoms with van der Waals surface area (Å²) in [5.41, 5.74) is 1.36. The van der Waals surface area contributed by atoms with Crippen molar-refractivity contribution in [3.63, 3.8) is 0 Å². The molecule has 0 aromatic heterocycles. The smallest absolute Gasteiger partial charge is 0.317 e. The van der Waals surface area contributed by atoms with Crippen LogP contribution >= 0.6 is 0 Å². The van der Waals surface area contributed by atoms with Crippen LogP contribution in [0.1, 0.15) is 24.8 Å². The maximum atomic E-state index is 11.0. The van der Waals surface area contributed by atoms with Crippen molar-refractivity contribution in [3.8, 4) is 0 Å². The van der Waals surface area contributed by atoms with E-state index in [1.165, 1.54) is 24.8 Å². The summed E-state index contributed by atoms with van der Waals surface area (Å²) in [6, 6.07) is 11.1. The minimum absolute atomic E-state index is 0.208. The molecule has 1 heterocycles. The SMILES string of the molecule is O=C(O)CN(C[C@H]1CCN(Cc2ccccc2)C1)C1CC1. The molecule has 1 saturated heterocycles. The summed E-state index contributed by atoms with van der Waals surface area (Å²) in [7, 11) is 0. The molecule has 0 amide bonds. The molecule has 0 spiro atoms. The molecule has 0 bridgehead atoms. The van der Waals surface area contributed by atoms with Gasteiger partial charge in [-0.1, -0.05) is 30.3 Å². The first-order valence-corrected chi connectivity index (χ1v) is 7.93. The maximum Gasteiger partial charge on any atom is 0.317 e. The van der Waals surface area contributed by atoms with Gasteiger partial charge in [-0.05, 0) is 37.3 Å².